The first-order valence-corrected chi connectivity index (χ1v) is 10.7. The summed E-state index contributed by atoms with van der Waals surface area (Å²) in [6.07, 6.45) is 1.89. The molecule has 2 aromatic rings. The molecule has 4 rings (SSSR count). The molecule has 0 bridgehead atoms. The van der Waals surface area contributed by atoms with E-state index in [1.165, 1.54) is 0 Å². The zero-order valence-electron chi connectivity index (χ0n) is 18.3. The van der Waals surface area contributed by atoms with E-state index >= 15 is 0 Å². The fourth-order valence-electron chi connectivity index (χ4n) is 3.71. The number of aliphatic hydroxyl groups excluding tert-OH is 1. The van der Waals surface area contributed by atoms with E-state index in [1.807, 2.05) is 13.8 Å². The molecule has 0 spiro atoms. The number of nitrogens with one attached hydrogen (secondary N) is 2. The highest BCUT2D eigenvalue weighted by molar-refractivity contribution is 5.92. The second-order valence-electron chi connectivity index (χ2n) is 8.29. The number of hydrogen-bond acceptors (Lipinski definition) is 7. The van der Waals surface area contributed by atoms with Crippen LogP contribution in [0, 0.1) is 17.0 Å². The van der Waals surface area contributed by atoms with Crippen LogP contribution in [0.5, 0.6) is 0 Å². The predicted molar refractivity (Wildman–Crippen MR) is 118 cm³/mol. The third-order valence-electron chi connectivity index (χ3n) is 5.51. The van der Waals surface area contributed by atoms with E-state index < -0.39 is 11.6 Å². The summed E-state index contributed by atoms with van der Waals surface area (Å²) in [5.41, 5.74) is 6.33. The van der Waals surface area contributed by atoms with Crippen molar-refractivity contribution in [3.05, 3.63) is 17.7 Å². The van der Waals surface area contributed by atoms with Gasteiger partial charge in [-0.05, 0) is 26.7 Å². The number of nitrogen functional groups attached to an aromatic ring is 1. The van der Waals surface area contributed by atoms with E-state index in [2.05, 4.69) is 10.2 Å². The van der Waals surface area contributed by atoms with Gasteiger partial charge < -0.3 is 30.8 Å². The quantitative estimate of drug-likeness (QED) is 0.554. The first kappa shape index (κ1) is 23.7. The van der Waals surface area contributed by atoms with Crippen LogP contribution in [0.1, 0.15) is 39.5 Å². The summed E-state index contributed by atoms with van der Waals surface area (Å²) in [4.78, 5) is 14.7. The zero-order chi connectivity index (χ0) is 23.4. The molecule has 0 aliphatic carbocycles. The van der Waals surface area contributed by atoms with Crippen LogP contribution in [0.4, 0.5) is 25.1 Å². The zero-order valence-corrected chi connectivity index (χ0v) is 18.3. The van der Waals surface area contributed by atoms with Crippen LogP contribution in [0.15, 0.2) is 6.07 Å². The minimum Gasteiger partial charge on any atom is -0.447 e. The van der Waals surface area contributed by atoms with E-state index in [-0.39, 0.29) is 40.7 Å². The van der Waals surface area contributed by atoms with Gasteiger partial charge in [-0.2, -0.15) is 5.10 Å². The molecule has 3 heterocycles. The Kier molecular flexibility index (Phi) is 7.49. The summed E-state index contributed by atoms with van der Waals surface area (Å²) in [5, 5.41) is 22.8. The molecule has 0 atom stereocenters. The number of carbonyl (C=O) groups excluding carboxylic acids is 1. The normalized spacial score (nSPS) is 17.5. The van der Waals surface area contributed by atoms with Crippen molar-refractivity contribution in [2.75, 3.05) is 36.8 Å². The van der Waals surface area contributed by atoms with Crippen LogP contribution < -0.4 is 10.6 Å². The number of piperidine rings is 2. The lowest BCUT2D eigenvalue weighted by atomic mass is 10.1. The second-order valence-corrected chi connectivity index (χ2v) is 8.29. The van der Waals surface area contributed by atoms with Gasteiger partial charge in [-0.15, -0.1) is 0 Å². The number of aliphatic hydroxyl groups is 1. The molecule has 11 heteroatoms. The van der Waals surface area contributed by atoms with Crippen molar-refractivity contribution in [1.82, 2.24) is 15.1 Å². The number of likely N-dealkylation sites (tertiary alicyclic amines) is 1. The van der Waals surface area contributed by atoms with Gasteiger partial charge in [-0.3, -0.25) is 5.10 Å². The number of nitrogens with zero attached hydrogens (tertiary/aromatic N) is 3. The molecule has 1 aromatic heterocycles. The SMILES string of the molecule is CC(C)OC(=O)N1CCC(O)CC1.N=C1CCN(c2cc(F)c3c(N)n[nH]c3c2F)CC1. The van der Waals surface area contributed by atoms with Crippen molar-refractivity contribution in [2.45, 2.75) is 51.7 Å². The molecular weight excluding hydrogens is 422 g/mol. The summed E-state index contributed by atoms with van der Waals surface area (Å²) in [5.74, 6) is -1.18. The highest BCUT2D eigenvalue weighted by Crippen LogP contribution is 2.32. The van der Waals surface area contributed by atoms with Crippen LogP contribution >= 0.6 is 0 Å². The lowest BCUT2D eigenvalue weighted by Crippen LogP contribution is -2.41. The Morgan fingerprint density at radius 2 is 1.91 bits per heavy atom. The molecular formula is C21H30F2N6O3. The lowest BCUT2D eigenvalue weighted by Gasteiger charge is -2.29. The Labute approximate surface area is 185 Å². The van der Waals surface area contributed by atoms with Gasteiger partial charge >= 0.3 is 6.09 Å². The molecule has 5 N–H and O–H groups in total. The van der Waals surface area contributed by atoms with Crippen molar-refractivity contribution in [1.29, 1.82) is 5.41 Å². The number of hydrogen-bond donors (Lipinski definition) is 4. The number of aromatic amines is 1. The average Bonchev–Trinajstić information content (AvgIpc) is 3.14. The maximum Gasteiger partial charge on any atom is 0.410 e. The topological polar surface area (TPSA) is 132 Å². The van der Waals surface area contributed by atoms with E-state index in [1.54, 1.807) is 9.80 Å². The number of fused-ring (bicyclic) bond motifs is 1. The Balaban J connectivity index is 0.000000195. The van der Waals surface area contributed by atoms with Crippen molar-refractivity contribution < 1.29 is 23.4 Å². The standard InChI is InChI=1S/C12H13F2N5.C9H17NO3/c13-7-5-8(19-3-1-6(15)2-4-19)10(14)11-9(7)12(16)18-17-11;1-7(2)13-9(12)10-5-3-8(11)4-6-10/h5,15H,1-4H2,(H3,16,17,18);7-8,11H,3-6H2,1-2H3. The number of anilines is 2. The Morgan fingerprint density at radius 1 is 1.28 bits per heavy atom. The molecule has 2 saturated heterocycles. The van der Waals surface area contributed by atoms with Crippen LogP contribution in [0.25, 0.3) is 10.9 Å². The number of aromatic nitrogens is 2. The minimum atomic E-state index is -0.585. The molecule has 9 nitrogen and oxygen atoms in total. The molecule has 176 valence electrons. The molecule has 2 aliphatic heterocycles. The summed E-state index contributed by atoms with van der Waals surface area (Å²) in [6.45, 7) is 5.90. The van der Waals surface area contributed by atoms with Crippen LogP contribution in [0.2, 0.25) is 0 Å². The minimum absolute atomic E-state index is 0.00634. The largest absolute Gasteiger partial charge is 0.447 e. The highest BCUT2D eigenvalue weighted by Gasteiger charge is 2.24. The van der Waals surface area contributed by atoms with Crippen LogP contribution in [-0.2, 0) is 4.74 Å². The number of ether oxygens (including phenoxy) is 1. The number of benzene rings is 1. The average molecular weight is 453 g/mol. The van der Waals surface area contributed by atoms with Crippen molar-refractivity contribution in [2.24, 2.45) is 0 Å². The summed E-state index contributed by atoms with van der Waals surface area (Å²) in [6, 6.07) is 1.15. The first-order chi connectivity index (χ1) is 15.2. The van der Waals surface area contributed by atoms with Gasteiger partial charge in [0.25, 0.3) is 0 Å². The second kappa shape index (κ2) is 10.1. The number of rotatable bonds is 2. The third-order valence-corrected chi connectivity index (χ3v) is 5.51. The molecule has 0 radical (unpaired) electrons. The molecule has 0 unspecified atom stereocenters. The van der Waals surface area contributed by atoms with Crippen molar-refractivity contribution in [3.8, 4) is 0 Å². The van der Waals surface area contributed by atoms with Crippen LogP contribution in [0.3, 0.4) is 0 Å². The number of amides is 1. The summed E-state index contributed by atoms with van der Waals surface area (Å²) < 4.78 is 33.4. The van der Waals surface area contributed by atoms with Gasteiger partial charge in [0.05, 0.1) is 23.3 Å². The first-order valence-electron chi connectivity index (χ1n) is 10.7. The van der Waals surface area contributed by atoms with Gasteiger partial charge in [0.15, 0.2) is 11.6 Å². The molecule has 32 heavy (non-hydrogen) atoms. The summed E-state index contributed by atoms with van der Waals surface area (Å²) in [7, 11) is 0. The fourth-order valence-corrected chi connectivity index (χ4v) is 3.71. The molecule has 2 aliphatic rings. The highest BCUT2D eigenvalue weighted by atomic mass is 19.1. The summed E-state index contributed by atoms with van der Waals surface area (Å²) >= 11 is 0. The van der Waals surface area contributed by atoms with Crippen molar-refractivity contribution >= 4 is 34.2 Å². The van der Waals surface area contributed by atoms with E-state index in [0.717, 1.165) is 6.07 Å². The van der Waals surface area contributed by atoms with Gasteiger partial charge in [-0.1, -0.05) is 0 Å². The maximum absolute atomic E-state index is 14.4. The Bertz CT molecular complexity index is 962. The number of halogens is 2. The van der Waals surface area contributed by atoms with E-state index in [0.29, 0.717) is 57.6 Å². The smallest absolute Gasteiger partial charge is 0.410 e. The monoisotopic (exact) mass is 452 g/mol. The van der Waals surface area contributed by atoms with E-state index in [4.69, 9.17) is 15.9 Å². The lowest BCUT2D eigenvalue weighted by molar-refractivity contribution is 0.0457. The third kappa shape index (κ3) is 5.45. The van der Waals surface area contributed by atoms with Crippen LogP contribution in [-0.4, -0.2) is 70.4 Å². The van der Waals surface area contributed by atoms with Crippen molar-refractivity contribution in [3.63, 3.8) is 0 Å². The van der Waals surface area contributed by atoms with Gasteiger partial charge in [0.1, 0.15) is 11.3 Å². The molecule has 0 saturated carbocycles. The molecule has 1 aromatic carbocycles. The molecule has 2 fully saturated rings. The van der Waals surface area contributed by atoms with E-state index in [9.17, 15) is 18.7 Å². The maximum atomic E-state index is 14.4. The number of H-pyrrole nitrogens is 1. The fraction of sp³-hybridized carbons (Fsp3) is 0.571. The predicted octanol–water partition coefficient (Wildman–Crippen LogP) is 3.03. The van der Waals surface area contributed by atoms with Gasteiger partial charge in [0.2, 0.25) is 0 Å². The Morgan fingerprint density at radius 3 is 2.50 bits per heavy atom. The number of nitrogens with two attached hydrogens (primary N) is 1. The molecule has 1 amide bonds. The number of carbonyl (C=O) groups is 1. The van der Waals surface area contributed by atoms with Gasteiger partial charge in [-0.25, -0.2) is 13.6 Å². The Hall–Kier alpha value is -2.95. The van der Waals surface area contributed by atoms with Gasteiger partial charge in [0, 0.05) is 50.8 Å².